The molecule has 5 rings (SSSR count). The molecule has 1 aliphatic rings. The van der Waals surface area contributed by atoms with E-state index in [4.69, 9.17) is 14.5 Å². The standard InChI is InChI=1S/C27H29FN6O4S/c1-27(15-31-39(2,35)36)16-37-25(38-17-27)24-33-22(19-8-10-20(28)11-9-19)23(34-24)21-12-13-29-26(32-21)30-14-18-6-4-3-5-7-18/h3-13,25,31H,14-17H2,1-2H3,(H,33,34)(H,29,30,32). The molecule has 10 nitrogen and oxygen atoms in total. The normalized spacial score (nSPS) is 19.6. The molecule has 1 saturated heterocycles. The van der Waals surface area contributed by atoms with Crippen LogP contribution < -0.4 is 10.0 Å². The van der Waals surface area contributed by atoms with Crippen LogP contribution in [0.4, 0.5) is 10.3 Å². The van der Waals surface area contributed by atoms with Gasteiger partial charge < -0.3 is 19.8 Å². The van der Waals surface area contributed by atoms with Crippen LogP contribution in [0.5, 0.6) is 0 Å². The van der Waals surface area contributed by atoms with Crippen LogP contribution in [0.25, 0.3) is 22.6 Å². The molecule has 39 heavy (non-hydrogen) atoms. The maximum Gasteiger partial charge on any atom is 0.223 e. The van der Waals surface area contributed by atoms with Gasteiger partial charge >= 0.3 is 0 Å². The summed E-state index contributed by atoms with van der Waals surface area (Å²) in [5.41, 5.74) is 2.97. The molecule has 204 valence electrons. The lowest BCUT2D eigenvalue weighted by Gasteiger charge is -2.36. The smallest absolute Gasteiger partial charge is 0.223 e. The van der Waals surface area contributed by atoms with Gasteiger partial charge in [0.15, 0.2) is 5.82 Å². The van der Waals surface area contributed by atoms with Gasteiger partial charge in [-0.15, -0.1) is 0 Å². The van der Waals surface area contributed by atoms with E-state index in [1.807, 2.05) is 37.3 Å². The number of nitrogens with zero attached hydrogens (tertiary/aromatic N) is 3. The molecule has 4 aromatic rings. The lowest BCUT2D eigenvalue weighted by atomic mass is 9.92. The van der Waals surface area contributed by atoms with Crippen LogP contribution in [0, 0.1) is 11.2 Å². The van der Waals surface area contributed by atoms with E-state index in [-0.39, 0.29) is 25.6 Å². The number of hydrogen-bond donors (Lipinski definition) is 3. The predicted molar refractivity (Wildman–Crippen MR) is 144 cm³/mol. The summed E-state index contributed by atoms with van der Waals surface area (Å²) in [6, 6.07) is 17.7. The minimum absolute atomic E-state index is 0.183. The Kier molecular flexibility index (Phi) is 7.71. The van der Waals surface area contributed by atoms with Crippen LogP contribution in [0.15, 0.2) is 66.9 Å². The Hall–Kier alpha value is -3.71. The van der Waals surface area contributed by atoms with Gasteiger partial charge in [0.2, 0.25) is 22.3 Å². The predicted octanol–water partition coefficient (Wildman–Crippen LogP) is 3.89. The number of sulfonamides is 1. The van der Waals surface area contributed by atoms with Gasteiger partial charge in [-0.25, -0.2) is 32.5 Å². The number of ether oxygens (including phenoxy) is 2. The zero-order valence-electron chi connectivity index (χ0n) is 21.5. The SMILES string of the molecule is CC1(CNS(C)(=O)=O)COC(c2nc(-c3ccc(F)cc3)c(-c3ccnc(NCc4ccccc4)n3)[nH]2)OC1. The van der Waals surface area contributed by atoms with Gasteiger partial charge in [0.05, 0.1) is 36.6 Å². The Bertz CT molecular complexity index is 1520. The van der Waals surface area contributed by atoms with Crippen molar-refractivity contribution in [2.75, 3.05) is 31.3 Å². The maximum atomic E-state index is 13.7. The Morgan fingerprint density at radius 1 is 1.05 bits per heavy atom. The first-order chi connectivity index (χ1) is 18.7. The van der Waals surface area contributed by atoms with E-state index in [0.29, 0.717) is 41.0 Å². The molecule has 0 atom stereocenters. The Balaban J connectivity index is 1.40. The second kappa shape index (κ2) is 11.2. The van der Waals surface area contributed by atoms with Crippen molar-refractivity contribution in [3.63, 3.8) is 0 Å². The summed E-state index contributed by atoms with van der Waals surface area (Å²) in [7, 11) is -3.34. The molecule has 2 aromatic carbocycles. The number of hydrogen-bond acceptors (Lipinski definition) is 8. The van der Waals surface area contributed by atoms with Crippen molar-refractivity contribution in [1.82, 2.24) is 24.7 Å². The lowest BCUT2D eigenvalue weighted by Crippen LogP contribution is -2.45. The second-order valence-corrected chi connectivity index (χ2v) is 11.6. The topological polar surface area (TPSA) is 131 Å². The average Bonchev–Trinajstić information content (AvgIpc) is 3.38. The number of imidazole rings is 1. The Labute approximate surface area is 226 Å². The molecule has 0 radical (unpaired) electrons. The quantitative estimate of drug-likeness (QED) is 0.285. The van der Waals surface area contributed by atoms with Crippen molar-refractivity contribution < 1.29 is 22.3 Å². The fourth-order valence-corrected chi connectivity index (χ4v) is 4.68. The molecule has 0 bridgehead atoms. The molecule has 2 aromatic heterocycles. The molecule has 12 heteroatoms. The van der Waals surface area contributed by atoms with E-state index in [2.05, 4.69) is 25.0 Å². The zero-order chi connectivity index (χ0) is 27.5. The van der Waals surface area contributed by atoms with E-state index in [0.717, 1.165) is 11.8 Å². The number of aromatic amines is 1. The van der Waals surface area contributed by atoms with E-state index in [1.165, 1.54) is 12.1 Å². The van der Waals surface area contributed by atoms with Gasteiger partial charge in [-0.3, -0.25) is 0 Å². The fourth-order valence-electron chi connectivity index (χ4n) is 4.07. The number of halogens is 1. The average molecular weight is 553 g/mol. The van der Waals surface area contributed by atoms with Crippen molar-refractivity contribution in [3.05, 3.63) is 84.1 Å². The van der Waals surface area contributed by atoms with Gasteiger partial charge in [-0.2, -0.15) is 0 Å². The number of aromatic nitrogens is 4. The minimum Gasteiger partial charge on any atom is -0.350 e. The molecule has 0 amide bonds. The van der Waals surface area contributed by atoms with Gasteiger partial charge in [0, 0.05) is 30.3 Å². The highest BCUT2D eigenvalue weighted by molar-refractivity contribution is 7.88. The van der Waals surface area contributed by atoms with Crippen molar-refractivity contribution in [1.29, 1.82) is 0 Å². The fraction of sp³-hybridized carbons (Fsp3) is 0.296. The largest absolute Gasteiger partial charge is 0.350 e. The van der Waals surface area contributed by atoms with Crippen molar-refractivity contribution in [2.24, 2.45) is 5.41 Å². The first-order valence-corrected chi connectivity index (χ1v) is 14.2. The summed E-state index contributed by atoms with van der Waals surface area (Å²) in [6.07, 6.45) is 1.96. The third-order valence-electron chi connectivity index (χ3n) is 6.20. The van der Waals surface area contributed by atoms with Gasteiger partial charge in [0.25, 0.3) is 0 Å². The third-order valence-corrected chi connectivity index (χ3v) is 6.86. The molecular weight excluding hydrogens is 523 g/mol. The van der Waals surface area contributed by atoms with Crippen molar-refractivity contribution in [3.8, 4) is 22.6 Å². The van der Waals surface area contributed by atoms with E-state index in [1.54, 1.807) is 24.4 Å². The lowest BCUT2D eigenvalue weighted by molar-refractivity contribution is -0.231. The van der Waals surface area contributed by atoms with Crippen molar-refractivity contribution >= 4 is 16.0 Å². The summed E-state index contributed by atoms with van der Waals surface area (Å²) in [5.74, 6) is 0.503. The van der Waals surface area contributed by atoms with E-state index < -0.39 is 21.7 Å². The van der Waals surface area contributed by atoms with Gasteiger partial charge in [0.1, 0.15) is 5.82 Å². The molecule has 3 heterocycles. The Morgan fingerprint density at radius 3 is 2.46 bits per heavy atom. The highest BCUT2D eigenvalue weighted by Gasteiger charge is 2.35. The minimum atomic E-state index is -3.34. The summed E-state index contributed by atoms with van der Waals surface area (Å²) in [6.45, 7) is 3.12. The molecule has 0 saturated carbocycles. The van der Waals surface area contributed by atoms with Crippen LogP contribution in [0.3, 0.4) is 0 Å². The monoisotopic (exact) mass is 552 g/mol. The zero-order valence-corrected chi connectivity index (χ0v) is 22.3. The van der Waals surface area contributed by atoms with Crippen molar-refractivity contribution in [2.45, 2.75) is 19.8 Å². The first-order valence-electron chi connectivity index (χ1n) is 12.3. The molecule has 0 unspecified atom stereocenters. The van der Waals surface area contributed by atoms with Crippen LogP contribution in [0.2, 0.25) is 0 Å². The van der Waals surface area contributed by atoms with Gasteiger partial charge in [-0.1, -0.05) is 37.3 Å². The number of rotatable bonds is 9. The number of benzene rings is 2. The molecule has 1 fully saturated rings. The molecule has 1 aliphatic heterocycles. The van der Waals surface area contributed by atoms with Crippen LogP contribution in [-0.4, -0.2) is 54.4 Å². The number of nitrogens with one attached hydrogen (secondary N) is 3. The number of anilines is 1. The second-order valence-electron chi connectivity index (χ2n) is 9.82. The molecule has 0 spiro atoms. The molecular formula is C27H29FN6O4S. The summed E-state index contributed by atoms with van der Waals surface area (Å²) in [5, 5.41) is 3.24. The maximum absolute atomic E-state index is 13.7. The highest BCUT2D eigenvalue weighted by atomic mass is 32.2. The summed E-state index contributed by atoms with van der Waals surface area (Å²) < 4.78 is 51.1. The molecule has 0 aliphatic carbocycles. The Morgan fingerprint density at radius 2 is 1.77 bits per heavy atom. The summed E-state index contributed by atoms with van der Waals surface area (Å²) in [4.78, 5) is 17.0. The molecule has 3 N–H and O–H groups in total. The summed E-state index contributed by atoms with van der Waals surface area (Å²) >= 11 is 0. The highest BCUT2D eigenvalue weighted by Crippen LogP contribution is 2.35. The van der Waals surface area contributed by atoms with E-state index in [9.17, 15) is 12.8 Å². The van der Waals surface area contributed by atoms with E-state index >= 15 is 0 Å². The van der Waals surface area contributed by atoms with Crippen LogP contribution in [-0.2, 0) is 26.0 Å². The first kappa shape index (κ1) is 26.9. The third kappa shape index (κ3) is 6.84. The van der Waals surface area contributed by atoms with Crippen LogP contribution in [0.1, 0.15) is 24.6 Å². The van der Waals surface area contributed by atoms with Gasteiger partial charge in [-0.05, 0) is 35.9 Å². The number of H-pyrrole nitrogens is 1. The van der Waals surface area contributed by atoms with Crippen LogP contribution >= 0.6 is 0 Å².